The van der Waals surface area contributed by atoms with E-state index >= 15 is 0 Å². The number of nitro benzene ring substituents is 1. The van der Waals surface area contributed by atoms with Crippen LogP contribution in [0.15, 0.2) is 76.7 Å². The molecule has 3 aromatic rings. The van der Waals surface area contributed by atoms with E-state index in [1.165, 1.54) is 49.6 Å². The van der Waals surface area contributed by atoms with Gasteiger partial charge in [-0.05, 0) is 48.9 Å². The van der Waals surface area contributed by atoms with Gasteiger partial charge in [0.1, 0.15) is 17.3 Å². The maximum atomic E-state index is 13.1. The van der Waals surface area contributed by atoms with Gasteiger partial charge in [-0.2, -0.15) is 5.10 Å². The molecule has 0 unspecified atom stereocenters. The van der Waals surface area contributed by atoms with Crippen LogP contribution >= 0.6 is 0 Å². The summed E-state index contributed by atoms with van der Waals surface area (Å²) < 4.78 is 46.1. The van der Waals surface area contributed by atoms with Crippen LogP contribution < -0.4 is 14.9 Å². The molecule has 0 saturated heterocycles. The summed E-state index contributed by atoms with van der Waals surface area (Å²) in [6.45, 7) is 1.64. The number of benzene rings is 3. The van der Waals surface area contributed by atoms with Gasteiger partial charge in [-0.15, -0.1) is 0 Å². The number of nitrogens with zero attached hydrogens (tertiary/aromatic N) is 2. The van der Waals surface area contributed by atoms with Gasteiger partial charge in [0.05, 0.1) is 28.3 Å². The van der Waals surface area contributed by atoms with Crippen LogP contribution in [0.2, 0.25) is 0 Å². The highest BCUT2D eigenvalue weighted by Crippen LogP contribution is 2.30. The molecule has 0 bridgehead atoms. The van der Waals surface area contributed by atoms with E-state index in [2.05, 4.69) is 15.2 Å². The van der Waals surface area contributed by atoms with Crippen LogP contribution in [0.25, 0.3) is 0 Å². The molecule has 2 N–H and O–H groups in total. The second kappa shape index (κ2) is 9.43. The van der Waals surface area contributed by atoms with E-state index in [1.54, 1.807) is 25.1 Å². The van der Waals surface area contributed by atoms with E-state index in [0.717, 1.165) is 6.07 Å². The minimum Gasteiger partial charge on any atom is -0.495 e. The van der Waals surface area contributed by atoms with Crippen molar-refractivity contribution in [1.82, 2.24) is 0 Å². The van der Waals surface area contributed by atoms with Crippen LogP contribution in [0.5, 0.6) is 5.75 Å². The summed E-state index contributed by atoms with van der Waals surface area (Å²) in [6, 6.07) is 15.4. The number of hydrogen-bond acceptors (Lipinski definition) is 7. The molecule has 0 spiro atoms. The minimum atomic E-state index is -4.13. The lowest BCUT2D eigenvalue weighted by Crippen LogP contribution is -2.14. The van der Waals surface area contributed by atoms with Crippen molar-refractivity contribution < 1.29 is 22.5 Å². The monoisotopic (exact) mass is 458 g/mol. The number of nitro groups is 1. The standard InChI is InChI=1S/C21H19FN4O5S/c1-14(15-7-9-16(22)10-8-15)23-24-18-12-11-17(13-20(18)26(27)28)32(29,30)25-19-5-3-4-6-21(19)31-2/h3-13,24-25H,1-2H3/b23-14+. The van der Waals surface area contributed by atoms with E-state index in [0.29, 0.717) is 17.0 Å². The zero-order valence-electron chi connectivity index (χ0n) is 17.1. The molecule has 0 radical (unpaired) electrons. The Morgan fingerprint density at radius 3 is 2.41 bits per heavy atom. The summed E-state index contributed by atoms with van der Waals surface area (Å²) in [5.41, 5.74) is 3.34. The second-order valence-electron chi connectivity index (χ2n) is 6.56. The largest absolute Gasteiger partial charge is 0.495 e. The number of para-hydroxylation sites is 2. The molecule has 166 valence electrons. The maximum Gasteiger partial charge on any atom is 0.295 e. The van der Waals surface area contributed by atoms with E-state index in [-0.39, 0.29) is 16.3 Å². The number of sulfonamides is 1. The summed E-state index contributed by atoms with van der Waals surface area (Å²) in [5.74, 6) is -0.0989. The lowest BCUT2D eigenvalue weighted by molar-refractivity contribution is -0.384. The van der Waals surface area contributed by atoms with Crippen LogP contribution in [0.4, 0.5) is 21.5 Å². The first kappa shape index (κ1) is 22.7. The number of nitrogens with one attached hydrogen (secondary N) is 2. The average molecular weight is 458 g/mol. The fourth-order valence-corrected chi connectivity index (χ4v) is 3.85. The van der Waals surface area contributed by atoms with Gasteiger partial charge in [-0.25, -0.2) is 12.8 Å². The van der Waals surface area contributed by atoms with Crippen molar-refractivity contribution in [2.45, 2.75) is 11.8 Å². The molecule has 0 aromatic heterocycles. The molecule has 0 aliphatic rings. The predicted molar refractivity (Wildman–Crippen MR) is 119 cm³/mol. The van der Waals surface area contributed by atoms with Gasteiger partial charge in [0.25, 0.3) is 15.7 Å². The first-order valence-corrected chi connectivity index (χ1v) is 10.7. The highest BCUT2D eigenvalue weighted by molar-refractivity contribution is 7.92. The van der Waals surface area contributed by atoms with Gasteiger partial charge < -0.3 is 4.74 Å². The lowest BCUT2D eigenvalue weighted by Gasteiger charge is -2.12. The smallest absolute Gasteiger partial charge is 0.295 e. The molecule has 0 saturated carbocycles. The van der Waals surface area contributed by atoms with Gasteiger partial charge >= 0.3 is 0 Å². The molecule has 3 aromatic carbocycles. The fraction of sp³-hybridized carbons (Fsp3) is 0.0952. The first-order valence-electron chi connectivity index (χ1n) is 9.22. The van der Waals surface area contributed by atoms with Crippen molar-refractivity contribution >= 4 is 32.8 Å². The van der Waals surface area contributed by atoms with Gasteiger partial charge in [-0.3, -0.25) is 20.3 Å². The molecule has 32 heavy (non-hydrogen) atoms. The number of rotatable bonds is 8. The van der Waals surface area contributed by atoms with Crippen LogP contribution in [0, 0.1) is 15.9 Å². The Hall–Kier alpha value is -3.99. The number of anilines is 2. The van der Waals surface area contributed by atoms with Crippen molar-refractivity contribution in [2.75, 3.05) is 17.3 Å². The third-order valence-corrected chi connectivity index (χ3v) is 5.80. The summed E-state index contributed by atoms with van der Waals surface area (Å²) in [7, 11) is -2.73. The third-order valence-electron chi connectivity index (χ3n) is 4.43. The van der Waals surface area contributed by atoms with Crippen molar-refractivity contribution in [2.24, 2.45) is 5.10 Å². The van der Waals surface area contributed by atoms with Crippen molar-refractivity contribution in [1.29, 1.82) is 0 Å². The fourth-order valence-electron chi connectivity index (χ4n) is 2.76. The van der Waals surface area contributed by atoms with Gasteiger partial charge in [0.2, 0.25) is 0 Å². The molecule has 0 fully saturated rings. The highest BCUT2D eigenvalue weighted by atomic mass is 32.2. The molecule has 9 nitrogen and oxygen atoms in total. The van der Waals surface area contributed by atoms with Gasteiger partial charge in [-0.1, -0.05) is 24.3 Å². The molecule has 0 aliphatic carbocycles. The number of hydrazone groups is 1. The quantitative estimate of drug-likeness (QED) is 0.293. The van der Waals surface area contributed by atoms with Crippen LogP contribution in [-0.2, 0) is 10.0 Å². The Bertz CT molecular complexity index is 1280. The van der Waals surface area contributed by atoms with Crippen LogP contribution in [0.3, 0.4) is 0 Å². The van der Waals surface area contributed by atoms with E-state index in [1.807, 2.05) is 0 Å². The van der Waals surface area contributed by atoms with Crippen molar-refractivity contribution in [3.05, 3.63) is 88.2 Å². The summed E-state index contributed by atoms with van der Waals surface area (Å²) in [6.07, 6.45) is 0. The Labute approximate surface area is 183 Å². The third kappa shape index (κ3) is 5.19. The minimum absolute atomic E-state index is 0.00676. The van der Waals surface area contributed by atoms with E-state index < -0.39 is 26.5 Å². The molecular weight excluding hydrogens is 439 g/mol. The molecule has 3 rings (SSSR count). The van der Waals surface area contributed by atoms with Crippen molar-refractivity contribution in [3.63, 3.8) is 0 Å². The molecule has 0 heterocycles. The molecule has 0 aliphatic heterocycles. The molecular formula is C21H19FN4O5S. The van der Waals surface area contributed by atoms with Gasteiger partial charge in [0.15, 0.2) is 0 Å². The Balaban J connectivity index is 1.89. The average Bonchev–Trinajstić information content (AvgIpc) is 2.77. The number of ether oxygens (including phenoxy) is 1. The lowest BCUT2D eigenvalue weighted by atomic mass is 10.1. The molecule has 11 heteroatoms. The first-order chi connectivity index (χ1) is 15.2. The SMILES string of the molecule is COc1ccccc1NS(=O)(=O)c1ccc(N/N=C(\C)c2ccc(F)cc2)c([N+](=O)[O-])c1. The number of methoxy groups -OCH3 is 1. The predicted octanol–water partition coefficient (Wildman–Crippen LogP) is 4.38. The Kier molecular flexibility index (Phi) is 6.69. The van der Waals surface area contributed by atoms with Gasteiger partial charge in [0, 0.05) is 6.07 Å². The zero-order valence-corrected chi connectivity index (χ0v) is 17.9. The zero-order chi connectivity index (χ0) is 23.3. The van der Waals surface area contributed by atoms with E-state index in [4.69, 9.17) is 4.74 Å². The molecule has 0 atom stereocenters. The van der Waals surface area contributed by atoms with Crippen LogP contribution in [0.1, 0.15) is 12.5 Å². The summed E-state index contributed by atoms with van der Waals surface area (Å²) in [4.78, 5) is 10.5. The number of hydrogen-bond donors (Lipinski definition) is 2. The molecule has 0 amide bonds. The van der Waals surface area contributed by atoms with E-state index in [9.17, 15) is 22.9 Å². The topological polar surface area (TPSA) is 123 Å². The highest BCUT2D eigenvalue weighted by Gasteiger charge is 2.22. The van der Waals surface area contributed by atoms with Crippen LogP contribution in [-0.4, -0.2) is 26.2 Å². The van der Waals surface area contributed by atoms with Crippen molar-refractivity contribution in [3.8, 4) is 5.75 Å². The second-order valence-corrected chi connectivity index (χ2v) is 8.24. The Morgan fingerprint density at radius 2 is 1.75 bits per heavy atom. The maximum absolute atomic E-state index is 13.1. The summed E-state index contributed by atoms with van der Waals surface area (Å²) in [5, 5.41) is 15.6. The summed E-state index contributed by atoms with van der Waals surface area (Å²) >= 11 is 0. The Morgan fingerprint density at radius 1 is 1.06 bits per heavy atom. The normalized spacial score (nSPS) is 11.7. The number of halogens is 1.